The molecule has 0 bridgehead atoms. The molecule has 1 rings (SSSR count). The van der Waals surface area contributed by atoms with Crippen molar-refractivity contribution in [1.29, 1.82) is 0 Å². The molecular formula is C11H20O3. The molecule has 0 amide bonds. The number of hydrogen-bond acceptors (Lipinski definition) is 3. The van der Waals surface area contributed by atoms with Crippen LogP contribution < -0.4 is 0 Å². The molecule has 1 N–H and O–H groups in total. The first-order valence-corrected chi connectivity index (χ1v) is 5.28. The molecule has 1 aliphatic rings. The largest absolute Gasteiger partial charge is 0.498 e. The van der Waals surface area contributed by atoms with Crippen molar-refractivity contribution in [2.45, 2.75) is 25.7 Å². The van der Waals surface area contributed by atoms with Gasteiger partial charge in [0, 0.05) is 33.2 Å². The maximum Gasteiger partial charge on any atom is 0.0920 e. The van der Waals surface area contributed by atoms with Crippen LogP contribution in [0.2, 0.25) is 0 Å². The molecule has 0 heterocycles. The van der Waals surface area contributed by atoms with Crippen LogP contribution in [0.5, 0.6) is 0 Å². The lowest BCUT2D eigenvalue weighted by Gasteiger charge is -2.20. The van der Waals surface area contributed by atoms with Gasteiger partial charge in [-0.2, -0.15) is 0 Å². The topological polar surface area (TPSA) is 38.7 Å². The minimum Gasteiger partial charge on any atom is -0.498 e. The number of hydrogen-bond donors (Lipinski definition) is 1. The van der Waals surface area contributed by atoms with Gasteiger partial charge in [0.2, 0.25) is 0 Å². The van der Waals surface area contributed by atoms with Gasteiger partial charge in [0.1, 0.15) is 0 Å². The summed E-state index contributed by atoms with van der Waals surface area (Å²) in [5.74, 6) is 1.53. The monoisotopic (exact) mass is 200 g/mol. The summed E-state index contributed by atoms with van der Waals surface area (Å²) in [6.07, 6.45) is 6.02. The molecule has 3 heteroatoms. The molecule has 0 spiro atoms. The van der Waals surface area contributed by atoms with Crippen molar-refractivity contribution in [2.75, 3.05) is 26.9 Å². The molecule has 0 saturated heterocycles. The average molecular weight is 200 g/mol. The fourth-order valence-corrected chi connectivity index (χ4v) is 1.57. The van der Waals surface area contributed by atoms with Gasteiger partial charge in [-0.15, -0.1) is 0 Å². The highest BCUT2D eigenvalue weighted by molar-refractivity contribution is 4.99. The minimum absolute atomic E-state index is 0.299. The molecule has 1 aliphatic carbocycles. The van der Waals surface area contributed by atoms with Gasteiger partial charge in [0.15, 0.2) is 0 Å². The van der Waals surface area contributed by atoms with Gasteiger partial charge in [-0.1, -0.05) is 0 Å². The summed E-state index contributed by atoms with van der Waals surface area (Å²) < 4.78 is 10.5. The molecule has 0 saturated carbocycles. The third kappa shape index (κ3) is 4.11. The highest BCUT2D eigenvalue weighted by atomic mass is 16.5. The van der Waals surface area contributed by atoms with E-state index in [-0.39, 0.29) is 0 Å². The Morgan fingerprint density at radius 2 is 2.36 bits per heavy atom. The first-order valence-electron chi connectivity index (χ1n) is 5.28. The predicted octanol–water partition coefficient (Wildman–Crippen LogP) is 1.72. The first-order chi connectivity index (χ1) is 6.86. The average Bonchev–Trinajstić information content (AvgIpc) is 2.25. The second-order valence-electron chi connectivity index (χ2n) is 3.69. The Labute approximate surface area is 85.7 Å². The number of allylic oxidation sites excluding steroid dienone is 2. The van der Waals surface area contributed by atoms with Gasteiger partial charge in [-0.3, -0.25) is 0 Å². The number of aliphatic hydroxyl groups is 1. The first kappa shape index (κ1) is 11.5. The predicted molar refractivity (Wildman–Crippen MR) is 55.0 cm³/mol. The molecule has 14 heavy (non-hydrogen) atoms. The van der Waals surface area contributed by atoms with Crippen LogP contribution in [0.3, 0.4) is 0 Å². The van der Waals surface area contributed by atoms with Crippen molar-refractivity contribution in [2.24, 2.45) is 5.92 Å². The fraction of sp³-hybridized carbons (Fsp3) is 0.818. The van der Waals surface area contributed by atoms with Gasteiger partial charge >= 0.3 is 0 Å². The van der Waals surface area contributed by atoms with E-state index < -0.39 is 0 Å². The Morgan fingerprint density at radius 3 is 2.93 bits per heavy atom. The third-order valence-corrected chi connectivity index (χ3v) is 2.52. The molecule has 0 aromatic heterocycles. The van der Waals surface area contributed by atoms with Crippen molar-refractivity contribution in [3.8, 4) is 0 Å². The SMILES string of the molecule is COCCCOC1=CCC(CO)CC1. The van der Waals surface area contributed by atoms with Crippen molar-refractivity contribution >= 4 is 0 Å². The van der Waals surface area contributed by atoms with Crippen LogP contribution in [0.4, 0.5) is 0 Å². The van der Waals surface area contributed by atoms with Gasteiger partial charge in [-0.25, -0.2) is 0 Å². The Morgan fingerprint density at radius 1 is 1.50 bits per heavy atom. The van der Waals surface area contributed by atoms with Crippen LogP contribution in [0, 0.1) is 5.92 Å². The lowest BCUT2D eigenvalue weighted by Crippen LogP contribution is -2.11. The highest BCUT2D eigenvalue weighted by Gasteiger charge is 2.13. The molecule has 0 aromatic rings. The Hall–Kier alpha value is -0.540. The zero-order valence-electron chi connectivity index (χ0n) is 8.87. The molecule has 0 aromatic carbocycles. The van der Waals surface area contributed by atoms with Crippen molar-refractivity contribution in [1.82, 2.24) is 0 Å². The van der Waals surface area contributed by atoms with Crippen molar-refractivity contribution in [3.63, 3.8) is 0 Å². The third-order valence-electron chi connectivity index (χ3n) is 2.52. The van der Waals surface area contributed by atoms with E-state index in [9.17, 15) is 0 Å². The van der Waals surface area contributed by atoms with E-state index in [4.69, 9.17) is 14.6 Å². The van der Waals surface area contributed by atoms with E-state index >= 15 is 0 Å². The number of ether oxygens (including phenoxy) is 2. The summed E-state index contributed by atoms with van der Waals surface area (Å²) >= 11 is 0. The molecular weight excluding hydrogens is 180 g/mol. The number of rotatable bonds is 6. The van der Waals surface area contributed by atoms with Crippen LogP contribution in [0.1, 0.15) is 25.7 Å². The lowest BCUT2D eigenvalue weighted by molar-refractivity contribution is 0.131. The quantitative estimate of drug-likeness (QED) is 0.663. The standard InChI is InChI=1S/C11H20O3/c1-13-7-2-8-14-11-5-3-10(9-12)4-6-11/h5,10,12H,2-4,6-9H2,1H3. The molecule has 1 unspecified atom stereocenters. The summed E-state index contributed by atoms with van der Waals surface area (Å²) in [7, 11) is 1.70. The maximum absolute atomic E-state index is 8.94. The summed E-state index contributed by atoms with van der Waals surface area (Å²) in [5, 5.41) is 8.94. The van der Waals surface area contributed by atoms with E-state index in [1.165, 1.54) is 0 Å². The molecule has 0 fully saturated rings. The Kier molecular flexibility index (Phi) is 5.64. The summed E-state index contributed by atoms with van der Waals surface area (Å²) in [5.41, 5.74) is 0. The zero-order valence-corrected chi connectivity index (χ0v) is 8.87. The second-order valence-corrected chi connectivity index (χ2v) is 3.69. The molecule has 1 atom stereocenters. The van der Waals surface area contributed by atoms with Gasteiger partial charge in [0.05, 0.1) is 12.4 Å². The van der Waals surface area contributed by atoms with Crippen LogP contribution in [-0.4, -0.2) is 32.0 Å². The van der Waals surface area contributed by atoms with E-state index in [0.717, 1.165) is 44.7 Å². The van der Waals surface area contributed by atoms with Crippen LogP contribution in [0.15, 0.2) is 11.8 Å². The van der Waals surface area contributed by atoms with Gasteiger partial charge in [0.25, 0.3) is 0 Å². The van der Waals surface area contributed by atoms with Crippen LogP contribution in [-0.2, 0) is 9.47 Å². The maximum atomic E-state index is 8.94. The van der Waals surface area contributed by atoms with Gasteiger partial charge in [-0.05, 0) is 24.8 Å². The van der Waals surface area contributed by atoms with Gasteiger partial charge < -0.3 is 14.6 Å². The molecule has 82 valence electrons. The van der Waals surface area contributed by atoms with E-state index in [0.29, 0.717) is 12.5 Å². The van der Waals surface area contributed by atoms with E-state index in [1.54, 1.807) is 7.11 Å². The number of aliphatic hydroxyl groups excluding tert-OH is 1. The van der Waals surface area contributed by atoms with Crippen molar-refractivity contribution in [3.05, 3.63) is 11.8 Å². The Balaban J connectivity index is 2.10. The normalized spacial score (nSPS) is 21.9. The molecule has 0 aliphatic heterocycles. The summed E-state index contributed by atoms with van der Waals surface area (Å²) in [4.78, 5) is 0. The van der Waals surface area contributed by atoms with E-state index in [1.807, 2.05) is 0 Å². The van der Waals surface area contributed by atoms with Crippen LogP contribution >= 0.6 is 0 Å². The summed E-state index contributed by atoms with van der Waals surface area (Å²) in [6, 6.07) is 0. The second kappa shape index (κ2) is 6.85. The smallest absolute Gasteiger partial charge is 0.0920 e. The molecule has 3 nitrogen and oxygen atoms in total. The molecule has 0 radical (unpaired) electrons. The zero-order chi connectivity index (χ0) is 10.2. The highest BCUT2D eigenvalue weighted by Crippen LogP contribution is 2.23. The van der Waals surface area contributed by atoms with E-state index in [2.05, 4.69) is 6.08 Å². The fourth-order valence-electron chi connectivity index (χ4n) is 1.57. The van der Waals surface area contributed by atoms with Crippen LogP contribution in [0.25, 0.3) is 0 Å². The minimum atomic E-state index is 0.299. The summed E-state index contributed by atoms with van der Waals surface area (Å²) in [6.45, 7) is 1.80. The lowest BCUT2D eigenvalue weighted by atomic mass is 9.94. The Bertz CT molecular complexity index is 177. The van der Waals surface area contributed by atoms with Crippen molar-refractivity contribution < 1.29 is 14.6 Å². The number of methoxy groups -OCH3 is 1.